The summed E-state index contributed by atoms with van der Waals surface area (Å²) in [4.78, 5) is 26.0. The van der Waals surface area contributed by atoms with Crippen LogP contribution in [0, 0.1) is 0 Å². The van der Waals surface area contributed by atoms with Crippen LogP contribution in [0.25, 0.3) is 10.9 Å². The molecule has 9 heteroatoms. The fourth-order valence-corrected chi connectivity index (χ4v) is 4.95. The van der Waals surface area contributed by atoms with Crippen LogP contribution in [-0.4, -0.2) is 54.0 Å². The molecule has 0 bridgehead atoms. The third kappa shape index (κ3) is 6.47. The smallest absolute Gasteiger partial charge is 0.247 e. The summed E-state index contributed by atoms with van der Waals surface area (Å²) in [6.07, 6.45) is 3.57. The van der Waals surface area contributed by atoms with Gasteiger partial charge in [0.05, 0.1) is 5.52 Å². The van der Waals surface area contributed by atoms with Gasteiger partial charge < -0.3 is 25.8 Å². The van der Waals surface area contributed by atoms with E-state index in [1.165, 1.54) is 24.6 Å². The minimum atomic E-state index is -0.276. The zero-order valence-corrected chi connectivity index (χ0v) is 22.9. The first kappa shape index (κ1) is 26.5. The van der Waals surface area contributed by atoms with Gasteiger partial charge in [0.25, 0.3) is 0 Å². The number of nitrogens with zero attached hydrogens (tertiary/aromatic N) is 4. The highest BCUT2D eigenvalue weighted by Gasteiger charge is 2.20. The Morgan fingerprint density at radius 3 is 2.44 bits per heavy atom. The number of carbonyl (C=O) groups is 1. The maximum Gasteiger partial charge on any atom is 0.247 e. The first-order chi connectivity index (χ1) is 18.9. The summed E-state index contributed by atoms with van der Waals surface area (Å²) in [5.74, 6) is 0.780. The monoisotopic (exact) mass is 541 g/mol. The lowest BCUT2D eigenvalue weighted by molar-refractivity contribution is -0.111. The third-order valence-corrected chi connectivity index (χ3v) is 7.15. The van der Waals surface area contributed by atoms with Crippen molar-refractivity contribution in [2.45, 2.75) is 18.9 Å². The van der Waals surface area contributed by atoms with Gasteiger partial charge in [0.1, 0.15) is 5.82 Å². The molecule has 0 atom stereocenters. The van der Waals surface area contributed by atoms with Gasteiger partial charge in [-0.2, -0.15) is 4.98 Å². The zero-order valence-electron chi connectivity index (χ0n) is 22.1. The van der Waals surface area contributed by atoms with Crippen molar-refractivity contribution in [3.63, 3.8) is 0 Å². The lowest BCUT2D eigenvalue weighted by Crippen LogP contribution is -2.41. The molecule has 4 aromatic rings. The van der Waals surface area contributed by atoms with E-state index in [0.717, 1.165) is 35.4 Å². The van der Waals surface area contributed by atoms with E-state index in [0.29, 0.717) is 28.5 Å². The molecular formula is C30H32ClN7O. The van der Waals surface area contributed by atoms with Crippen molar-refractivity contribution in [2.75, 3.05) is 48.0 Å². The highest BCUT2D eigenvalue weighted by Crippen LogP contribution is 2.30. The molecule has 0 aliphatic carbocycles. The number of fused-ring (bicyclic) bond motifs is 1. The minimum absolute atomic E-state index is 0.276. The molecule has 1 amide bonds. The second-order valence-corrected chi connectivity index (χ2v) is 10.2. The van der Waals surface area contributed by atoms with E-state index in [9.17, 15) is 4.79 Å². The van der Waals surface area contributed by atoms with Crippen molar-refractivity contribution >= 4 is 62.9 Å². The van der Waals surface area contributed by atoms with Crippen LogP contribution >= 0.6 is 11.6 Å². The second-order valence-electron chi connectivity index (χ2n) is 9.81. The van der Waals surface area contributed by atoms with Crippen LogP contribution in [0.15, 0.2) is 79.4 Å². The van der Waals surface area contributed by atoms with Crippen molar-refractivity contribution in [3.05, 3.63) is 84.4 Å². The van der Waals surface area contributed by atoms with Crippen LogP contribution < -0.4 is 20.9 Å². The molecule has 200 valence electrons. The number of aromatic nitrogens is 2. The fraction of sp³-hybridized carbons (Fsp3) is 0.233. The van der Waals surface area contributed by atoms with Crippen LogP contribution in [0.5, 0.6) is 0 Å². The van der Waals surface area contributed by atoms with Crippen molar-refractivity contribution < 1.29 is 4.79 Å². The number of benzene rings is 3. The number of carbonyl (C=O) groups excluding carboxylic acids is 1. The average molecular weight is 542 g/mol. The minimum Gasteiger partial charge on any atom is -0.371 e. The van der Waals surface area contributed by atoms with E-state index < -0.39 is 0 Å². The Kier molecular flexibility index (Phi) is 7.95. The molecule has 0 spiro atoms. The maximum absolute atomic E-state index is 11.7. The first-order valence-corrected chi connectivity index (χ1v) is 13.3. The number of rotatable bonds is 8. The maximum atomic E-state index is 11.7. The van der Waals surface area contributed by atoms with Crippen LogP contribution in [0.2, 0.25) is 5.02 Å². The van der Waals surface area contributed by atoms with E-state index in [-0.39, 0.29) is 5.91 Å². The molecule has 1 fully saturated rings. The van der Waals surface area contributed by atoms with Crippen LogP contribution in [0.3, 0.4) is 0 Å². The lowest BCUT2D eigenvalue weighted by Gasteiger charge is -2.36. The molecular weight excluding hydrogens is 510 g/mol. The SMILES string of the molecule is C=CC(=O)Nc1cccc(Nc2nc(Nc3ccc(N4CCC(N(C)C)CC4)cc3)nc3ccc(Cl)cc23)c1. The quantitative estimate of drug-likeness (QED) is 0.222. The fourth-order valence-electron chi connectivity index (χ4n) is 4.78. The average Bonchev–Trinajstić information content (AvgIpc) is 2.94. The molecule has 1 aromatic heterocycles. The Bertz CT molecular complexity index is 1480. The molecule has 0 saturated carbocycles. The van der Waals surface area contributed by atoms with Gasteiger partial charge in [-0.15, -0.1) is 0 Å². The number of hydrogen-bond donors (Lipinski definition) is 3. The molecule has 2 heterocycles. The van der Waals surface area contributed by atoms with Crippen LogP contribution in [0.1, 0.15) is 12.8 Å². The van der Waals surface area contributed by atoms with Gasteiger partial charge in [0, 0.05) is 52.3 Å². The van der Waals surface area contributed by atoms with E-state index in [2.05, 4.69) is 70.7 Å². The number of amides is 1. The third-order valence-electron chi connectivity index (χ3n) is 6.92. The topological polar surface area (TPSA) is 85.4 Å². The normalized spacial score (nSPS) is 13.9. The molecule has 39 heavy (non-hydrogen) atoms. The standard InChI is InChI=1S/C30H32ClN7O/c1-4-28(39)32-22-6-5-7-23(19-22)33-29-26-18-20(31)8-13-27(26)35-30(36-29)34-21-9-11-25(12-10-21)38-16-14-24(15-17-38)37(2)3/h4-13,18-19,24H,1,14-17H2,2-3H3,(H,32,39)(H2,33,34,35,36). The summed E-state index contributed by atoms with van der Waals surface area (Å²) < 4.78 is 0. The molecule has 1 aliphatic rings. The lowest BCUT2D eigenvalue weighted by atomic mass is 10.0. The van der Waals surface area contributed by atoms with Crippen molar-refractivity contribution in [1.82, 2.24) is 14.9 Å². The van der Waals surface area contributed by atoms with Crippen molar-refractivity contribution in [1.29, 1.82) is 0 Å². The highest BCUT2D eigenvalue weighted by molar-refractivity contribution is 6.31. The second kappa shape index (κ2) is 11.7. The van der Waals surface area contributed by atoms with Gasteiger partial charge >= 0.3 is 0 Å². The van der Waals surface area contributed by atoms with Gasteiger partial charge in [0.2, 0.25) is 11.9 Å². The van der Waals surface area contributed by atoms with Gasteiger partial charge in [0.15, 0.2) is 0 Å². The molecule has 8 nitrogen and oxygen atoms in total. The molecule has 1 aliphatic heterocycles. The van der Waals surface area contributed by atoms with Gasteiger partial charge in [-0.1, -0.05) is 24.2 Å². The summed E-state index contributed by atoms with van der Waals surface area (Å²) in [5, 5.41) is 10.9. The number of piperidine rings is 1. The Hall–Kier alpha value is -4.14. The molecule has 1 saturated heterocycles. The Morgan fingerprint density at radius 2 is 1.72 bits per heavy atom. The molecule has 0 radical (unpaired) electrons. The predicted octanol–water partition coefficient (Wildman–Crippen LogP) is 6.43. The summed E-state index contributed by atoms with van der Waals surface area (Å²) in [5.41, 5.74) is 4.26. The van der Waals surface area contributed by atoms with Crippen molar-refractivity contribution in [3.8, 4) is 0 Å². The largest absolute Gasteiger partial charge is 0.371 e. The van der Waals surface area contributed by atoms with Crippen LogP contribution in [0.4, 0.5) is 34.5 Å². The number of anilines is 6. The first-order valence-electron chi connectivity index (χ1n) is 12.9. The van der Waals surface area contributed by atoms with Gasteiger partial charge in [-0.25, -0.2) is 4.98 Å². The summed E-state index contributed by atoms with van der Waals surface area (Å²) >= 11 is 6.30. The molecule has 3 aromatic carbocycles. The molecule has 0 unspecified atom stereocenters. The predicted molar refractivity (Wildman–Crippen MR) is 162 cm³/mol. The van der Waals surface area contributed by atoms with E-state index in [1.54, 1.807) is 0 Å². The highest BCUT2D eigenvalue weighted by atomic mass is 35.5. The summed E-state index contributed by atoms with van der Waals surface area (Å²) in [6.45, 7) is 5.61. The Balaban J connectivity index is 1.36. The number of hydrogen-bond acceptors (Lipinski definition) is 7. The Labute approximate surface area is 233 Å². The van der Waals surface area contributed by atoms with Crippen LogP contribution in [-0.2, 0) is 4.79 Å². The molecule has 5 rings (SSSR count). The zero-order chi connectivity index (χ0) is 27.4. The summed E-state index contributed by atoms with van der Waals surface area (Å²) in [6, 6.07) is 21.9. The Morgan fingerprint density at radius 1 is 0.974 bits per heavy atom. The van der Waals surface area contributed by atoms with E-state index >= 15 is 0 Å². The van der Waals surface area contributed by atoms with Gasteiger partial charge in [-0.05, 0) is 93.7 Å². The van der Waals surface area contributed by atoms with Gasteiger partial charge in [-0.3, -0.25) is 4.79 Å². The summed E-state index contributed by atoms with van der Waals surface area (Å²) in [7, 11) is 4.32. The number of halogens is 1. The van der Waals surface area contributed by atoms with E-state index in [1.807, 2.05) is 42.5 Å². The van der Waals surface area contributed by atoms with Crippen molar-refractivity contribution in [2.24, 2.45) is 0 Å². The molecule has 3 N–H and O–H groups in total. The van der Waals surface area contributed by atoms with E-state index in [4.69, 9.17) is 21.6 Å². The number of nitrogens with one attached hydrogen (secondary N) is 3.